The van der Waals surface area contributed by atoms with Crippen LogP contribution in [0.4, 0.5) is 13.2 Å². The van der Waals surface area contributed by atoms with Crippen molar-refractivity contribution in [3.63, 3.8) is 0 Å². The Hall–Kier alpha value is -1.07. The third kappa shape index (κ3) is 2.96. The van der Waals surface area contributed by atoms with E-state index in [1.807, 2.05) is 0 Å². The summed E-state index contributed by atoms with van der Waals surface area (Å²) in [4.78, 5) is 0. The minimum absolute atomic E-state index is 0.161. The molecular weight excluding hydrogens is 219 g/mol. The summed E-state index contributed by atoms with van der Waals surface area (Å²) < 4.78 is 42.3. The Morgan fingerprint density at radius 2 is 1.81 bits per heavy atom. The molecule has 0 heterocycles. The van der Waals surface area contributed by atoms with Crippen LogP contribution in [0.5, 0.6) is 0 Å². The molecule has 1 atom stereocenters. The minimum Gasteiger partial charge on any atom is -0.382 e. The van der Waals surface area contributed by atoms with Crippen molar-refractivity contribution in [2.45, 2.75) is 18.6 Å². The molecule has 1 aromatic carbocycles. The number of nitrogens with two attached hydrogens (primary N) is 1. The lowest BCUT2D eigenvalue weighted by Gasteiger charge is -2.25. The maximum Gasteiger partial charge on any atom is 0.416 e. The van der Waals surface area contributed by atoms with E-state index in [1.165, 1.54) is 13.2 Å². The number of halogens is 3. The van der Waals surface area contributed by atoms with Crippen LogP contribution in [-0.2, 0) is 16.5 Å². The van der Waals surface area contributed by atoms with Crippen LogP contribution < -0.4 is 5.73 Å². The molecule has 0 fully saturated rings. The van der Waals surface area contributed by atoms with E-state index in [1.54, 1.807) is 13.0 Å². The van der Waals surface area contributed by atoms with Gasteiger partial charge in [0.15, 0.2) is 0 Å². The fourth-order valence-corrected chi connectivity index (χ4v) is 1.43. The Balaban J connectivity index is 3.08. The zero-order valence-corrected chi connectivity index (χ0v) is 9.14. The van der Waals surface area contributed by atoms with Crippen LogP contribution in [0.15, 0.2) is 24.3 Å². The molecule has 0 aliphatic heterocycles. The van der Waals surface area contributed by atoms with Gasteiger partial charge in [-0.25, -0.2) is 0 Å². The summed E-state index contributed by atoms with van der Waals surface area (Å²) in [6.45, 7) is 1.79. The SMILES string of the molecule is COCC(C)(N)c1cccc(C(F)(F)F)c1. The van der Waals surface area contributed by atoms with Gasteiger partial charge in [0.2, 0.25) is 0 Å². The van der Waals surface area contributed by atoms with Crippen molar-refractivity contribution in [2.75, 3.05) is 13.7 Å². The first kappa shape index (κ1) is 13.0. The van der Waals surface area contributed by atoms with Gasteiger partial charge in [-0.05, 0) is 24.6 Å². The summed E-state index contributed by atoms with van der Waals surface area (Å²) in [5.74, 6) is 0. The van der Waals surface area contributed by atoms with E-state index in [2.05, 4.69) is 0 Å². The molecule has 1 rings (SSSR count). The van der Waals surface area contributed by atoms with Crippen LogP contribution in [0.3, 0.4) is 0 Å². The summed E-state index contributed by atoms with van der Waals surface area (Å²) in [6, 6.07) is 4.98. The molecule has 0 saturated heterocycles. The van der Waals surface area contributed by atoms with Gasteiger partial charge in [-0.1, -0.05) is 12.1 Å². The molecule has 0 saturated carbocycles. The second-order valence-electron chi connectivity index (χ2n) is 3.93. The number of ether oxygens (including phenoxy) is 1. The van der Waals surface area contributed by atoms with E-state index in [-0.39, 0.29) is 6.61 Å². The lowest BCUT2D eigenvalue weighted by Crippen LogP contribution is -2.38. The largest absolute Gasteiger partial charge is 0.416 e. The van der Waals surface area contributed by atoms with E-state index >= 15 is 0 Å². The van der Waals surface area contributed by atoms with E-state index < -0.39 is 17.3 Å². The zero-order chi connectivity index (χ0) is 12.4. The number of hydrogen-bond donors (Lipinski definition) is 1. The summed E-state index contributed by atoms with van der Waals surface area (Å²) in [5.41, 5.74) is 4.66. The zero-order valence-electron chi connectivity index (χ0n) is 9.14. The fourth-order valence-electron chi connectivity index (χ4n) is 1.43. The molecule has 0 spiro atoms. The second kappa shape index (κ2) is 4.43. The van der Waals surface area contributed by atoms with E-state index in [0.29, 0.717) is 5.56 Å². The molecule has 0 aliphatic carbocycles. The Morgan fingerprint density at radius 3 is 2.31 bits per heavy atom. The van der Waals surface area contributed by atoms with Crippen molar-refractivity contribution >= 4 is 0 Å². The molecule has 2 nitrogen and oxygen atoms in total. The van der Waals surface area contributed by atoms with E-state index in [4.69, 9.17) is 10.5 Å². The number of hydrogen-bond acceptors (Lipinski definition) is 2. The highest BCUT2D eigenvalue weighted by atomic mass is 19.4. The first-order chi connectivity index (χ1) is 7.27. The Bertz CT molecular complexity index is 360. The van der Waals surface area contributed by atoms with Gasteiger partial charge in [0.05, 0.1) is 17.7 Å². The lowest BCUT2D eigenvalue weighted by atomic mass is 9.92. The number of rotatable bonds is 3. The van der Waals surface area contributed by atoms with Gasteiger partial charge < -0.3 is 10.5 Å². The predicted octanol–water partition coefficient (Wildman–Crippen LogP) is 2.53. The van der Waals surface area contributed by atoms with E-state index in [0.717, 1.165) is 12.1 Å². The Kier molecular flexibility index (Phi) is 3.60. The average molecular weight is 233 g/mol. The van der Waals surface area contributed by atoms with Crippen LogP contribution in [0.25, 0.3) is 0 Å². The lowest BCUT2D eigenvalue weighted by molar-refractivity contribution is -0.137. The van der Waals surface area contributed by atoms with Crippen molar-refractivity contribution in [3.8, 4) is 0 Å². The summed E-state index contributed by atoms with van der Waals surface area (Å²) >= 11 is 0. The van der Waals surface area contributed by atoms with Crippen LogP contribution in [0.2, 0.25) is 0 Å². The molecule has 2 N–H and O–H groups in total. The Labute approximate surface area is 92.2 Å². The fraction of sp³-hybridized carbons (Fsp3) is 0.455. The predicted molar refractivity (Wildman–Crippen MR) is 54.9 cm³/mol. The van der Waals surface area contributed by atoms with Crippen molar-refractivity contribution in [2.24, 2.45) is 5.73 Å². The molecule has 0 aromatic heterocycles. The summed E-state index contributed by atoms with van der Waals surface area (Å²) in [7, 11) is 1.46. The highest BCUT2D eigenvalue weighted by Gasteiger charge is 2.32. The maximum atomic E-state index is 12.5. The molecule has 0 bridgehead atoms. The summed E-state index contributed by atoms with van der Waals surface area (Å²) in [5, 5.41) is 0. The Morgan fingerprint density at radius 1 is 1.25 bits per heavy atom. The van der Waals surface area contributed by atoms with Crippen molar-refractivity contribution in [1.82, 2.24) is 0 Å². The normalized spacial score (nSPS) is 15.9. The topological polar surface area (TPSA) is 35.2 Å². The van der Waals surface area contributed by atoms with Gasteiger partial charge in [-0.15, -0.1) is 0 Å². The van der Waals surface area contributed by atoms with Gasteiger partial charge in [0.1, 0.15) is 0 Å². The number of methoxy groups -OCH3 is 1. The van der Waals surface area contributed by atoms with Crippen LogP contribution in [-0.4, -0.2) is 13.7 Å². The van der Waals surface area contributed by atoms with Gasteiger partial charge in [0.25, 0.3) is 0 Å². The minimum atomic E-state index is -4.35. The number of alkyl halides is 3. The molecule has 0 amide bonds. The molecule has 5 heteroatoms. The van der Waals surface area contributed by atoms with Crippen LogP contribution in [0.1, 0.15) is 18.1 Å². The standard InChI is InChI=1S/C11H14F3NO/c1-10(15,7-16-2)8-4-3-5-9(6-8)11(12,13)14/h3-6H,7,15H2,1-2H3. The van der Waals surface area contributed by atoms with Gasteiger partial charge in [-0.2, -0.15) is 13.2 Å². The van der Waals surface area contributed by atoms with E-state index in [9.17, 15) is 13.2 Å². The second-order valence-corrected chi connectivity index (χ2v) is 3.93. The molecular formula is C11H14F3NO. The highest BCUT2D eigenvalue weighted by Crippen LogP contribution is 2.31. The van der Waals surface area contributed by atoms with Crippen LogP contribution in [0, 0.1) is 0 Å². The molecule has 16 heavy (non-hydrogen) atoms. The average Bonchev–Trinajstić information content (AvgIpc) is 2.16. The molecule has 0 aliphatic rings. The monoisotopic (exact) mass is 233 g/mol. The highest BCUT2D eigenvalue weighted by molar-refractivity contribution is 5.30. The summed E-state index contributed by atoms with van der Waals surface area (Å²) in [6.07, 6.45) is -4.35. The number of benzene rings is 1. The maximum absolute atomic E-state index is 12.5. The van der Waals surface area contributed by atoms with Gasteiger partial charge in [0, 0.05) is 7.11 Å². The molecule has 0 radical (unpaired) electrons. The van der Waals surface area contributed by atoms with Crippen molar-refractivity contribution in [3.05, 3.63) is 35.4 Å². The van der Waals surface area contributed by atoms with Gasteiger partial charge in [-0.3, -0.25) is 0 Å². The van der Waals surface area contributed by atoms with Crippen molar-refractivity contribution in [1.29, 1.82) is 0 Å². The smallest absolute Gasteiger partial charge is 0.382 e. The molecule has 1 aromatic rings. The quantitative estimate of drug-likeness (QED) is 0.870. The first-order valence-electron chi connectivity index (χ1n) is 4.73. The molecule has 1 unspecified atom stereocenters. The van der Waals surface area contributed by atoms with Crippen LogP contribution >= 0.6 is 0 Å². The first-order valence-corrected chi connectivity index (χ1v) is 4.73. The van der Waals surface area contributed by atoms with Gasteiger partial charge >= 0.3 is 6.18 Å². The van der Waals surface area contributed by atoms with Crippen molar-refractivity contribution < 1.29 is 17.9 Å². The third-order valence-corrected chi connectivity index (χ3v) is 2.29. The molecule has 90 valence electrons. The third-order valence-electron chi connectivity index (χ3n) is 2.29.